The van der Waals surface area contributed by atoms with Gasteiger partial charge < -0.3 is 19.3 Å². The zero-order chi connectivity index (χ0) is 29.1. The summed E-state index contributed by atoms with van der Waals surface area (Å²) in [6.07, 6.45) is 2.55. The Morgan fingerprint density at radius 3 is 2.23 bits per heavy atom. The summed E-state index contributed by atoms with van der Waals surface area (Å²) in [4.78, 5) is 50.9. The topological polar surface area (TPSA) is 116 Å². The van der Waals surface area contributed by atoms with Gasteiger partial charge in [0.25, 0.3) is 0 Å². The number of allylic oxidation sites excluding steroid dienone is 1. The van der Waals surface area contributed by atoms with Crippen LogP contribution in [-0.4, -0.2) is 52.7 Å². The van der Waals surface area contributed by atoms with E-state index in [1.807, 2.05) is 6.92 Å². The van der Waals surface area contributed by atoms with Crippen molar-refractivity contribution in [3.05, 3.63) is 59.7 Å². The average Bonchev–Trinajstić information content (AvgIpc) is 3.11. The summed E-state index contributed by atoms with van der Waals surface area (Å²) < 4.78 is 17.6. The van der Waals surface area contributed by atoms with Crippen LogP contribution in [0.5, 0.6) is 0 Å². The molecule has 0 unspecified atom stereocenters. The number of aliphatic hydroxyl groups is 1. The number of benzene rings is 1. The number of rotatable bonds is 4. The van der Waals surface area contributed by atoms with Gasteiger partial charge in [-0.25, -0.2) is 4.79 Å². The fraction of sp³-hybridized carbons (Fsp3) is 0.548. The van der Waals surface area contributed by atoms with Crippen LogP contribution in [0.1, 0.15) is 71.7 Å². The minimum Gasteiger partial charge on any atom is -0.458 e. The van der Waals surface area contributed by atoms with Crippen molar-refractivity contribution in [3.63, 3.8) is 0 Å². The van der Waals surface area contributed by atoms with Crippen molar-refractivity contribution in [3.8, 4) is 0 Å². The molecule has 1 saturated carbocycles. The Morgan fingerprint density at radius 2 is 1.64 bits per heavy atom. The Hall–Kier alpha value is -3.26. The van der Waals surface area contributed by atoms with E-state index in [4.69, 9.17) is 14.2 Å². The van der Waals surface area contributed by atoms with E-state index in [1.165, 1.54) is 13.8 Å². The maximum absolute atomic E-state index is 13.3. The molecule has 2 aliphatic rings. The van der Waals surface area contributed by atoms with Crippen molar-refractivity contribution in [1.82, 2.24) is 0 Å². The van der Waals surface area contributed by atoms with Gasteiger partial charge in [0.05, 0.1) is 11.5 Å². The van der Waals surface area contributed by atoms with Crippen LogP contribution in [-0.2, 0) is 28.6 Å². The standard InChI is InChI=1S/C31H40O8/c1-18-13-14-30(6,7)26(34)16-25(37-21(4)32)19(2)15-24-27(38-29(36)23-11-9-8-10-12-23)20(3)17-31(24,28(18)35)39-22(5)33/h8-15,18,20,24-25,27-28,35H,16-17H2,1-7H3/b14-13-,19-15-/t18-,20-,24+,25-,27+,28-,31-/m1/s1. The molecule has 1 N–H and O–H groups in total. The molecule has 0 saturated heterocycles. The van der Waals surface area contributed by atoms with Crippen molar-refractivity contribution in [2.45, 2.75) is 85.2 Å². The van der Waals surface area contributed by atoms with E-state index in [1.54, 1.807) is 76.3 Å². The van der Waals surface area contributed by atoms with Crippen LogP contribution >= 0.6 is 0 Å². The van der Waals surface area contributed by atoms with E-state index in [9.17, 15) is 24.3 Å². The van der Waals surface area contributed by atoms with E-state index in [0.717, 1.165) is 0 Å². The fourth-order valence-corrected chi connectivity index (χ4v) is 5.69. The molecule has 2 aliphatic carbocycles. The van der Waals surface area contributed by atoms with Crippen molar-refractivity contribution in [1.29, 1.82) is 0 Å². The quantitative estimate of drug-likeness (QED) is 0.335. The number of aliphatic hydroxyl groups excluding tert-OH is 1. The number of ketones is 1. The van der Waals surface area contributed by atoms with Crippen LogP contribution < -0.4 is 0 Å². The van der Waals surface area contributed by atoms with Gasteiger partial charge in [0.2, 0.25) is 0 Å². The highest BCUT2D eigenvalue weighted by molar-refractivity contribution is 5.89. The van der Waals surface area contributed by atoms with E-state index < -0.39 is 59.1 Å². The minimum absolute atomic E-state index is 0.0620. The molecule has 0 spiro atoms. The Morgan fingerprint density at radius 1 is 1.00 bits per heavy atom. The lowest BCUT2D eigenvalue weighted by atomic mass is 9.75. The molecule has 1 fully saturated rings. The van der Waals surface area contributed by atoms with Crippen molar-refractivity contribution in [2.75, 3.05) is 0 Å². The summed E-state index contributed by atoms with van der Waals surface area (Å²) in [5.41, 5.74) is -1.43. The van der Waals surface area contributed by atoms with Gasteiger partial charge >= 0.3 is 17.9 Å². The predicted octanol–water partition coefficient (Wildman–Crippen LogP) is 4.60. The molecule has 212 valence electrons. The number of esters is 3. The van der Waals surface area contributed by atoms with E-state index in [0.29, 0.717) is 11.1 Å². The highest BCUT2D eigenvalue weighted by Crippen LogP contribution is 2.50. The van der Waals surface area contributed by atoms with Gasteiger partial charge in [-0.3, -0.25) is 14.4 Å². The van der Waals surface area contributed by atoms with E-state index in [-0.39, 0.29) is 24.5 Å². The maximum Gasteiger partial charge on any atom is 0.338 e. The van der Waals surface area contributed by atoms with E-state index in [2.05, 4.69) is 0 Å². The molecular weight excluding hydrogens is 500 g/mol. The lowest BCUT2D eigenvalue weighted by Crippen LogP contribution is -2.53. The second kappa shape index (κ2) is 11.9. The summed E-state index contributed by atoms with van der Waals surface area (Å²) in [7, 11) is 0. The molecule has 0 bridgehead atoms. The lowest BCUT2D eigenvalue weighted by Gasteiger charge is -2.41. The molecule has 0 aromatic heterocycles. The van der Waals surface area contributed by atoms with Crippen LogP contribution in [0.3, 0.4) is 0 Å². The van der Waals surface area contributed by atoms with Crippen molar-refractivity contribution in [2.24, 2.45) is 23.2 Å². The van der Waals surface area contributed by atoms with Crippen molar-refractivity contribution < 1.29 is 38.5 Å². The predicted molar refractivity (Wildman–Crippen MR) is 144 cm³/mol. The van der Waals surface area contributed by atoms with Gasteiger partial charge in [0.15, 0.2) is 0 Å². The molecule has 1 aromatic carbocycles. The minimum atomic E-state index is -1.44. The van der Waals surface area contributed by atoms with E-state index >= 15 is 0 Å². The molecule has 7 atom stereocenters. The Labute approximate surface area is 230 Å². The highest BCUT2D eigenvalue weighted by Gasteiger charge is 2.60. The number of carbonyl (C=O) groups excluding carboxylic acids is 4. The van der Waals surface area contributed by atoms with Crippen molar-refractivity contribution >= 4 is 23.7 Å². The first-order chi connectivity index (χ1) is 18.2. The Kier molecular flexibility index (Phi) is 9.21. The summed E-state index contributed by atoms with van der Waals surface area (Å²) in [5, 5.41) is 11.8. The van der Waals surface area contributed by atoms with Gasteiger partial charge in [-0.05, 0) is 50.8 Å². The molecule has 8 heteroatoms. The van der Waals surface area contributed by atoms with Crippen LogP contribution in [0, 0.1) is 23.2 Å². The molecule has 8 nitrogen and oxygen atoms in total. The van der Waals surface area contributed by atoms with Gasteiger partial charge in [0.1, 0.15) is 29.7 Å². The summed E-state index contributed by atoms with van der Waals surface area (Å²) in [5.74, 6) is -3.40. The SMILES string of the molecule is CC(=O)O[C@@H]1CC(=O)C(C)(C)/C=C\[C@@H](C)[C@@H](O)[C@@]2(OC(C)=O)C[C@@H](C)[C@H](OC(=O)c3ccccc3)[C@@H]2/C=C\1C. The maximum atomic E-state index is 13.3. The van der Waals surface area contributed by atoms with Gasteiger partial charge in [0, 0.05) is 31.6 Å². The Balaban J connectivity index is 2.20. The van der Waals surface area contributed by atoms with Gasteiger partial charge in [-0.15, -0.1) is 0 Å². The number of fused-ring (bicyclic) bond motifs is 1. The third kappa shape index (κ3) is 6.67. The first-order valence-corrected chi connectivity index (χ1v) is 13.4. The summed E-state index contributed by atoms with van der Waals surface area (Å²) >= 11 is 0. The smallest absolute Gasteiger partial charge is 0.338 e. The van der Waals surface area contributed by atoms with Crippen LogP contribution in [0.4, 0.5) is 0 Å². The first-order valence-electron chi connectivity index (χ1n) is 13.4. The van der Waals surface area contributed by atoms with Crippen LogP contribution in [0.25, 0.3) is 0 Å². The number of Topliss-reactive ketones (excluding diaryl/α,β-unsaturated/α-hetero) is 1. The summed E-state index contributed by atoms with van der Waals surface area (Å²) in [6.45, 7) is 11.5. The highest BCUT2D eigenvalue weighted by atomic mass is 16.6. The number of carbonyl (C=O) groups is 4. The zero-order valence-electron chi connectivity index (χ0n) is 23.8. The van der Waals surface area contributed by atoms with Crippen LogP contribution in [0.15, 0.2) is 54.1 Å². The molecule has 0 heterocycles. The molecule has 0 radical (unpaired) electrons. The van der Waals surface area contributed by atoms with Crippen LogP contribution in [0.2, 0.25) is 0 Å². The third-order valence-corrected chi connectivity index (χ3v) is 7.87. The average molecular weight is 541 g/mol. The normalized spacial score (nSPS) is 34.8. The first kappa shape index (κ1) is 30.3. The zero-order valence-corrected chi connectivity index (χ0v) is 23.8. The van der Waals surface area contributed by atoms with Gasteiger partial charge in [-0.1, -0.05) is 50.3 Å². The monoisotopic (exact) mass is 540 g/mol. The Bertz CT molecular complexity index is 1150. The number of hydrogen-bond donors (Lipinski definition) is 1. The molecule has 3 rings (SSSR count). The van der Waals surface area contributed by atoms with Gasteiger partial charge in [-0.2, -0.15) is 0 Å². The largest absolute Gasteiger partial charge is 0.458 e. The third-order valence-electron chi connectivity index (χ3n) is 7.87. The number of hydrogen-bond acceptors (Lipinski definition) is 8. The molecular formula is C31H40O8. The molecule has 0 amide bonds. The summed E-state index contributed by atoms with van der Waals surface area (Å²) in [6, 6.07) is 8.56. The fourth-order valence-electron chi connectivity index (χ4n) is 5.69. The lowest BCUT2D eigenvalue weighted by molar-refractivity contribution is -0.181. The number of ether oxygens (including phenoxy) is 3. The molecule has 0 aliphatic heterocycles. The second-order valence-corrected chi connectivity index (χ2v) is 11.5. The molecule has 1 aromatic rings. The molecule has 39 heavy (non-hydrogen) atoms. The second-order valence-electron chi connectivity index (χ2n) is 11.5.